The first-order valence-electron chi connectivity index (χ1n) is 4.80. The predicted octanol–water partition coefficient (Wildman–Crippen LogP) is 0.897. The molecule has 5 heteroatoms. The average Bonchev–Trinajstić information content (AvgIpc) is 2.31. The SMILES string of the molecule is CC1(c2ccccn2)N=CC(C(=O)O)=CN1. The van der Waals surface area contributed by atoms with Crippen LogP contribution in [-0.2, 0) is 10.5 Å². The minimum Gasteiger partial charge on any atom is -0.478 e. The zero-order valence-electron chi connectivity index (χ0n) is 8.71. The molecule has 1 atom stereocenters. The number of hydrogen-bond donors (Lipinski definition) is 2. The normalized spacial score (nSPS) is 23.4. The van der Waals surface area contributed by atoms with E-state index < -0.39 is 11.6 Å². The van der Waals surface area contributed by atoms with Gasteiger partial charge in [0.1, 0.15) is 0 Å². The Bertz CT molecular complexity index is 467. The van der Waals surface area contributed by atoms with Crippen LogP contribution in [0.2, 0.25) is 0 Å². The number of aliphatic carboxylic acids is 1. The van der Waals surface area contributed by atoms with E-state index in [1.807, 2.05) is 25.1 Å². The van der Waals surface area contributed by atoms with E-state index in [2.05, 4.69) is 15.3 Å². The van der Waals surface area contributed by atoms with E-state index in [4.69, 9.17) is 5.11 Å². The molecule has 0 fully saturated rings. The van der Waals surface area contributed by atoms with E-state index in [9.17, 15) is 4.79 Å². The summed E-state index contributed by atoms with van der Waals surface area (Å²) in [6, 6.07) is 5.52. The average molecular weight is 217 g/mol. The molecule has 2 N–H and O–H groups in total. The van der Waals surface area contributed by atoms with Crippen molar-refractivity contribution in [3.05, 3.63) is 41.9 Å². The Morgan fingerprint density at radius 2 is 2.31 bits per heavy atom. The van der Waals surface area contributed by atoms with Crippen LogP contribution in [-0.4, -0.2) is 22.3 Å². The quantitative estimate of drug-likeness (QED) is 0.771. The first-order valence-corrected chi connectivity index (χ1v) is 4.80. The van der Waals surface area contributed by atoms with Crippen LogP contribution in [0.15, 0.2) is 41.2 Å². The Kier molecular flexibility index (Phi) is 2.44. The maximum Gasteiger partial charge on any atom is 0.338 e. The number of carboxylic acids is 1. The Balaban J connectivity index is 2.27. The summed E-state index contributed by atoms with van der Waals surface area (Å²) in [5.74, 6) is -1.00. The lowest BCUT2D eigenvalue weighted by atomic mass is 10.1. The number of carbonyl (C=O) groups is 1. The molecule has 1 aliphatic rings. The third kappa shape index (κ3) is 1.79. The highest BCUT2D eigenvalue weighted by molar-refractivity contribution is 6.08. The second-order valence-corrected chi connectivity index (χ2v) is 3.59. The molecule has 0 radical (unpaired) electrons. The molecule has 1 aromatic heterocycles. The van der Waals surface area contributed by atoms with Gasteiger partial charge >= 0.3 is 5.97 Å². The number of carboxylic acid groups (broad SMARTS) is 1. The summed E-state index contributed by atoms with van der Waals surface area (Å²) >= 11 is 0. The number of pyridine rings is 1. The van der Waals surface area contributed by atoms with E-state index in [0.29, 0.717) is 0 Å². The fraction of sp³-hybridized carbons (Fsp3) is 0.182. The summed E-state index contributed by atoms with van der Waals surface area (Å²) in [6.45, 7) is 1.83. The van der Waals surface area contributed by atoms with Crippen LogP contribution in [0, 0.1) is 0 Å². The highest BCUT2D eigenvalue weighted by Gasteiger charge is 2.28. The molecule has 16 heavy (non-hydrogen) atoms. The van der Waals surface area contributed by atoms with Crippen molar-refractivity contribution in [3.8, 4) is 0 Å². The molecule has 1 unspecified atom stereocenters. The molecule has 0 spiro atoms. The predicted molar refractivity (Wildman–Crippen MR) is 58.9 cm³/mol. The van der Waals surface area contributed by atoms with Crippen LogP contribution in [0.4, 0.5) is 0 Å². The number of rotatable bonds is 2. The smallest absolute Gasteiger partial charge is 0.338 e. The van der Waals surface area contributed by atoms with Crippen molar-refractivity contribution < 1.29 is 9.90 Å². The molecule has 0 saturated heterocycles. The fourth-order valence-corrected chi connectivity index (χ4v) is 1.40. The number of nitrogens with zero attached hydrogens (tertiary/aromatic N) is 2. The van der Waals surface area contributed by atoms with Crippen molar-refractivity contribution in [2.24, 2.45) is 4.99 Å². The largest absolute Gasteiger partial charge is 0.478 e. The summed E-state index contributed by atoms with van der Waals surface area (Å²) in [5, 5.41) is 11.7. The lowest BCUT2D eigenvalue weighted by Gasteiger charge is -2.27. The molecular weight excluding hydrogens is 206 g/mol. The Hall–Kier alpha value is -2.17. The summed E-state index contributed by atoms with van der Waals surface area (Å²) in [5.41, 5.74) is 0.181. The van der Waals surface area contributed by atoms with Gasteiger partial charge in [0.15, 0.2) is 5.66 Å². The second kappa shape index (κ2) is 3.77. The fourth-order valence-electron chi connectivity index (χ4n) is 1.40. The van der Waals surface area contributed by atoms with Gasteiger partial charge in [-0.15, -0.1) is 0 Å². The summed E-state index contributed by atoms with van der Waals surface area (Å²) in [7, 11) is 0. The zero-order chi connectivity index (χ0) is 11.6. The van der Waals surface area contributed by atoms with Crippen molar-refractivity contribution in [1.29, 1.82) is 0 Å². The molecule has 0 amide bonds. The van der Waals surface area contributed by atoms with E-state index in [1.165, 1.54) is 12.4 Å². The van der Waals surface area contributed by atoms with Crippen molar-refractivity contribution in [2.45, 2.75) is 12.6 Å². The topological polar surface area (TPSA) is 74.6 Å². The number of hydrogen-bond acceptors (Lipinski definition) is 4. The zero-order valence-corrected chi connectivity index (χ0v) is 8.71. The second-order valence-electron chi connectivity index (χ2n) is 3.59. The maximum absolute atomic E-state index is 10.7. The van der Waals surface area contributed by atoms with E-state index in [-0.39, 0.29) is 5.57 Å². The molecule has 2 heterocycles. The molecule has 0 aliphatic carbocycles. The molecule has 5 nitrogen and oxygen atoms in total. The third-order valence-corrected chi connectivity index (χ3v) is 2.38. The highest BCUT2D eigenvalue weighted by Crippen LogP contribution is 2.22. The molecule has 82 valence electrons. The first-order chi connectivity index (χ1) is 7.62. The number of nitrogens with one attached hydrogen (secondary N) is 1. The molecular formula is C11H11N3O2. The molecule has 2 rings (SSSR count). The van der Waals surface area contributed by atoms with Gasteiger partial charge in [0.05, 0.1) is 11.3 Å². The molecule has 1 aromatic rings. The molecule has 1 aliphatic heterocycles. The van der Waals surface area contributed by atoms with Crippen molar-refractivity contribution in [2.75, 3.05) is 0 Å². The van der Waals surface area contributed by atoms with Crippen LogP contribution in [0.3, 0.4) is 0 Å². The van der Waals surface area contributed by atoms with Crippen molar-refractivity contribution in [1.82, 2.24) is 10.3 Å². The first kappa shape index (κ1) is 10.4. The van der Waals surface area contributed by atoms with Crippen molar-refractivity contribution >= 4 is 12.2 Å². The summed E-state index contributed by atoms with van der Waals surface area (Å²) < 4.78 is 0. The minimum absolute atomic E-state index is 0.133. The van der Waals surface area contributed by atoms with Gasteiger partial charge in [-0.05, 0) is 19.1 Å². The van der Waals surface area contributed by atoms with Crippen LogP contribution in [0.5, 0.6) is 0 Å². The van der Waals surface area contributed by atoms with Crippen LogP contribution >= 0.6 is 0 Å². The van der Waals surface area contributed by atoms with Gasteiger partial charge in [-0.2, -0.15) is 0 Å². The lowest BCUT2D eigenvalue weighted by Crippen LogP contribution is -2.38. The van der Waals surface area contributed by atoms with Gasteiger partial charge in [-0.3, -0.25) is 9.98 Å². The van der Waals surface area contributed by atoms with Gasteiger partial charge in [-0.25, -0.2) is 4.79 Å². The Morgan fingerprint density at radius 3 is 2.81 bits per heavy atom. The van der Waals surface area contributed by atoms with Gasteiger partial charge in [0.25, 0.3) is 0 Å². The third-order valence-electron chi connectivity index (χ3n) is 2.38. The van der Waals surface area contributed by atoms with Gasteiger partial charge in [0, 0.05) is 18.6 Å². The molecule has 0 saturated carbocycles. The summed E-state index contributed by atoms with van der Waals surface area (Å²) in [6.07, 6.45) is 4.45. The minimum atomic E-state index is -1.00. The lowest BCUT2D eigenvalue weighted by molar-refractivity contribution is -0.132. The van der Waals surface area contributed by atoms with Crippen LogP contribution in [0.25, 0.3) is 0 Å². The Labute approximate surface area is 92.5 Å². The standard InChI is InChI=1S/C11H11N3O2/c1-11(9-4-2-3-5-12-9)13-6-8(7-14-11)10(15)16/h2-7,13H,1H3,(H,15,16). The number of aliphatic imine (C=N–C) groups is 1. The highest BCUT2D eigenvalue weighted by atomic mass is 16.4. The monoisotopic (exact) mass is 217 g/mol. The van der Waals surface area contributed by atoms with Crippen LogP contribution in [0.1, 0.15) is 12.6 Å². The summed E-state index contributed by atoms with van der Waals surface area (Å²) in [4.78, 5) is 19.1. The van der Waals surface area contributed by atoms with E-state index >= 15 is 0 Å². The van der Waals surface area contributed by atoms with Crippen molar-refractivity contribution in [3.63, 3.8) is 0 Å². The van der Waals surface area contributed by atoms with Gasteiger partial charge in [-0.1, -0.05) is 6.07 Å². The van der Waals surface area contributed by atoms with Gasteiger partial charge in [0.2, 0.25) is 0 Å². The molecule has 0 aromatic carbocycles. The van der Waals surface area contributed by atoms with Crippen LogP contribution < -0.4 is 5.32 Å². The van der Waals surface area contributed by atoms with E-state index in [0.717, 1.165) is 5.69 Å². The van der Waals surface area contributed by atoms with E-state index in [1.54, 1.807) is 6.20 Å². The number of aromatic nitrogens is 1. The molecule has 0 bridgehead atoms. The Morgan fingerprint density at radius 1 is 1.50 bits per heavy atom. The van der Waals surface area contributed by atoms with Gasteiger partial charge < -0.3 is 10.4 Å². The maximum atomic E-state index is 10.7.